The molecule has 1 N–H and O–H groups in total. The lowest BCUT2D eigenvalue weighted by atomic mass is 9.66. The molecule has 32 heavy (non-hydrogen) atoms. The van der Waals surface area contributed by atoms with Crippen LogP contribution >= 0.6 is 0 Å². The van der Waals surface area contributed by atoms with Gasteiger partial charge in [0.1, 0.15) is 34.9 Å². The first kappa shape index (κ1) is 25.1. The molecule has 1 saturated carbocycles. The second-order valence-electron chi connectivity index (χ2n) is 9.58. The zero-order valence-electron chi connectivity index (χ0n) is 20.0. The topological polar surface area (TPSA) is 77.5 Å². The number of hydrogen-bond acceptors (Lipinski definition) is 6. The van der Waals surface area contributed by atoms with Crippen molar-refractivity contribution in [2.24, 2.45) is 5.92 Å². The maximum absolute atomic E-state index is 12.5. The smallest absolute Gasteiger partial charge is 0.428 e. The molecule has 6 unspecified atom stereocenters. The van der Waals surface area contributed by atoms with Crippen LogP contribution in [0.2, 0.25) is 0 Å². The van der Waals surface area contributed by atoms with Crippen LogP contribution in [0.5, 0.6) is 5.75 Å². The van der Waals surface area contributed by atoms with Gasteiger partial charge in [0.25, 0.3) is 0 Å². The molecule has 0 radical (unpaired) electrons. The third kappa shape index (κ3) is 5.68. The van der Waals surface area contributed by atoms with E-state index in [1.807, 2.05) is 13.0 Å². The summed E-state index contributed by atoms with van der Waals surface area (Å²) >= 11 is 0. The Bertz CT molecular complexity index is 808. The number of carbonyl (C=O) groups is 1. The summed E-state index contributed by atoms with van der Waals surface area (Å²) in [7, 11) is 1.63. The summed E-state index contributed by atoms with van der Waals surface area (Å²) in [4.78, 5) is 12.5. The zero-order chi connectivity index (χ0) is 23.5. The number of benzene rings is 1. The van der Waals surface area contributed by atoms with E-state index in [4.69, 9.17) is 18.9 Å². The molecule has 1 aliphatic heterocycles. The monoisotopic (exact) mass is 465 g/mol. The quantitative estimate of drug-likeness (QED) is 0.205. The summed E-state index contributed by atoms with van der Waals surface area (Å²) in [5, 5.41) is 11.8. The molecular formula is C25H37O6S+. The minimum atomic E-state index is -0.953. The van der Waals surface area contributed by atoms with Gasteiger partial charge in [-0.2, -0.15) is 0 Å². The van der Waals surface area contributed by atoms with Gasteiger partial charge in [-0.1, -0.05) is 29.8 Å². The van der Waals surface area contributed by atoms with E-state index in [0.717, 1.165) is 6.42 Å². The van der Waals surface area contributed by atoms with Crippen molar-refractivity contribution in [1.29, 1.82) is 0 Å². The average Bonchev–Trinajstić information content (AvgIpc) is 3.38. The number of allylic oxidation sites excluding steroid dienone is 1. The first-order valence-electron chi connectivity index (χ1n) is 11.1. The van der Waals surface area contributed by atoms with Gasteiger partial charge in [-0.05, 0) is 63.1 Å². The summed E-state index contributed by atoms with van der Waals surface area (Å²) in [6.07, 6.45) is 6.44. The highest BCUT2D eigenvalue weighted by atomic mass is 32.2. The van der Waals surface area contributed by atoms with Gasteiger partial charge in [-0.15, -0.1) is 0 Å². The number of aliphatic hydroxyl groups is 1. The van der Waals surface area contributed by atoms with Gasteiger partial charge < -0.3 is 24.1 Å². The third-order valence-electron chi connectivity index (χ3n) is 6.47. The summed E-state index contributed by atoms with van der Waals surface area (Å²) in [5.74, 6) is 0.761. The predicted molar refractivity (Wildman–Crippen MR) is 127 cm³/mol. The van der Waals surface area contributed by atoms with E-state index in [0.29, 0.717) is 24.3 Å². The summed E-state index contributed by atoms with van der Waals surface area (Å²) in [6.45, 7) is 6.18. The van der Waals surface area contributed by atoms with Crippen molar-refractivity contribution < 1.29 is 28.8 Å². The summed E-state index contributed by atoms with van der Waals surface area (Å²) < 4.78 is 23.2. The number of carbonyl (C=O) groups excluding carboxylic acids is 1. The normalized spacial score (nSPS) is 34.1. The fourth-order valence-electron chi connectivity index (χ4n) is 5.07. The molecule has 1 aromatic rings. The van der Waals surface area contributed by atoms with E-state index in [2.05, 4.69) is 32.4 Å². The summed E-state index contributed by atoms with van der Waals surface area (Å²) in [5.41, 5.74) is -0.268. The largest absolute Gasteiger partial charge is 0.514 e. The van der Waals surface area contributed by atoms with Gasteiger partial charge in [-0.3, -0.25) is 0 Å². The lowest BCUT2D eigenvalue weighted by molar-refractivity contribution is -0.172. The predicted octanol–water partition coefficient (Wildman–Crippen LogP) is 4.12. The van der Waals surface area contributed by atoms with Gasteiger partial charge in [-0.25, -0.2) is 4.79 Å². The van der Waals surface area contributed by atoms with E-state index in [9.17, 15) is 9.90 Å². The van der Waals surface area contributed by atoms with Crippen molar-refractivity contribution in [3.8, 4) is 5.75 Å². The molecule has 0 bridgehead atoms. The molecule has 1 aliphatic carbocycles. The van der Waals surface area contributed by atoms with Crippen LogP contribution in [0, 0.1) is 5.92 Å². The van der Waals surface area contributed by atoms with Crippen molar-refractivity contribution >= 4 is 17.1 Å². The second-order valence-corrected chi connectivity index (χ2v) is 11.8. The van der Waals surface area contributed by atoms with Crippen LogP contribution in [-0.2, 0) is 25.1 Å². The molecular weight excluding hydrogens is 428 g/mol. The Kier molecular flexibility index (Phi) is 7.97. The fourth-order valence-corrected chi connectivity index (χ4v) is 6.39. The Morgan fingerprint density at radius 1 is 1.28 bits per heavy atom. The molecule has 7 heteroatoms. The fraction of sp³-hybridized carbons (Fsp3) is 0.640. The molecule has 1 heterocycles. The van der Waals surface area contributed by atoms with Crippen molar-refractivity contribution in [3.05, 3.63) is 42.0 Å². The van der Waals surface area contributed by atoms with E-state index in [-0.39, 0.29) is 22.9 Å². The molecule has 1 aromatic carbocycles. The number of hydrogen-bond donors (Lipinski definition) is 1. The number of ether oxygens (including phenoxy) is 4. The standard InChI is InChI=1S/C25H37O6S/c1-17(2)12-13-20-24(3,31-20)22-21(28-4)19(14-15-25(22,27)16-32(5)6)30-23(26)29-18-10-8-7-9-11-18/h7-12,19-22,27H,13-16H2,1-6H3/q+1. The molecule has 3 rings (SSSR count). The number of rotatable bonds is 8. The highest BCUT2D eigenvalue weighted by Crippen LogP contribution is 2.55. The van der Waals surface area contributed by atoms with Gasteiger partial charge >= 0.3 is 6.16 Å². The van der Waals surface area contributed by atoms with Crippen LogP contribution in [0.4, 0.5) is 4.79 Å². The van der Waals surface area contributed by atoms with E-state index < -0.39 is 29.6 Å². The van der Waals surface area contributed by atoms with Crippen LogP contribution in [-0.4, -0.2) is 66.2 Å². The van der Waals surface area contributed by atoms with Crippen LogP contribution in [0.1, 0.15) is 40.0 Å². The third-order valence-corrected chi connectivity index (χ3v) is 7.55. The van der Waals surface area contributed by atoms with Gasteiger partial charge in [0.05, 0.1) is 24.5 Å². The second kappa shape index (κ2) is 10.2. The van der Waals surface area contributed by atoms with E-state index in [1.165, 1.54) is 5.57 Å². The maximum atomic E-state index is 12.5. The number of para-hydroxylation sites is 1. The van der Waals surface area contributed by atoms with Crippen LogP contribution in [0.15, 0.2) is 42.0 Å². The van der Waals surface area contributed by atoms with Crippen LogP contribution in [0.25, 0.3) is 0 Å². The Labute approximate surface area is 194 Å². The number of epoxide rings is 1. The molecule has 0 aromatic heterocycles. The highest BCUT2D eigenvalue weighted by Gasteiger charge is 2.68. The Hall–Kier alpha value is -1.54. The first-order chi connectivity index (χ1) is 15.1. The van der Waals surface area contributed by atoms with Crippen LogP contribution < -0.4 is 4.74 Å². The van der Waals surface area contributed by atoms with Crippen molar-refractivity contribution in [2.75, 3.05) is 25.4 Å². The van der Waals surface area contributed by atoms with Gasteiger partial charge in [0.15, 0.2) is 0 Å². The Morgan fingerprint density at radius 3 is 2.56 bits per heavy atom. The first-order valence-corrected chi connectivity index (χ1v) is 13.3. The molecule has 1 saturated heterocycles. The molecule has 2 aliphatic rings. The number of methoxy groups -OCH3 is 1. The molecule has 178 valence electrons. The zero-order valence-corrected chi connectivity index (χ0v) is 20.8. The van der Waals surface area contributed by atoms with Gasteiger partial charge in [0, 0.05) is 7.11 Å². The Morgan fingerprint density at radius 2 is 1.97 bits per heavy atom. The molecule has 0 spiro atoms. The van der Waals surface area contributed by atoms with Crippen molar-refractivity contribution in [1.82, 2.24) is 0 Å². The Balaban J connectivity index is 1.80. The minimum absolute atomic E-state index is 0.00269. The van der Waals surface area contributed by atoms with Crippen LogP contribution in [0.3, 0.4) is 0 Å². The minimum Gasteiger partial charge on any atom is -0.428 e. The summed E-state index contributed by atoms with van der Waals surface area (Å²) in [6, 6.07) is 8.84. The molecule has 0 amide bonds. The van der Waals surface area contributed by atoms with Crippen molar-refractivity contribution in [2.45, 2.75) is 69.5 Å². The maximum Gasteiger partial charge on any atom is 0.514 e. The lowest BCUT2D eigenvalue weighted by Gasteiger charge is -2.47. The molecule has 6 nitrogen and oxygen atoms in total. The lowest BCUT2D eigenvalue weighted by Crippen LogP contribution is -2.62. The SMILES string of the molecule is COC1C(OC(=O)Oc2ccccc2)CCC(O)(C[S+](C)C)C1C1(C)OC1CC=C(C)C. The molecule has 6 atom stereocenters. The van der Waals surface area contributed by atoms with Crippen molar-refractivity contribution in [3.63, 3.8) is 0 Å². The van der Waals surface area contributed by atoms with Gasteiger partial charge in [0.2, 0.25) is 0 Å². The van der Waals surface area contributed by atoms with E-state index in [1.54, 1.807) is 31.4 Å². The van der Waals surface area contributed by atoms with E-state index >= 15 is 0 Å². The average molecular weight is 466 g/mol. The highest BCUT2D eigenvalue weighted by molar-refractivity contribution is 7.95. The molecule has 2 fully saturated rings.